The smallest absolute Gasteiger partial charge is 0.265 e. The molecule has 0 atom stereocenters. The van der Waals surface area contributed by atoms with Crippen molar-refractivity contribution < 1.29 is 8.42 Å². The first-order valence-electron chi connectivity index (χ1n) is 4.46. The molecule has 1 heterocycles. The highest BCUT2D eigenvalue weighted by atomic mass is 79.9. The summed E-state index contributed by atoms with van der Waals surface area (Å²) in [7, 11) is -3.69. The molecule has 17 heavy (non-hydrogen) atoms. The molecule has 0 saturated heterocycles. The van der Waals surface area contributed by atoms with E-state index in [1.54, 1.807) is 11.4 Å². The highest BCUT2D eigenvalue weighted by Crippen LogP contribution is 2.25. The molecule has 2 aromatic rings. The fraction of sp³-hybridized carbons (Fsp3) is 0. The summed E-state index contributed by atoms with van der Waals surface area (Å²) in [6.07, 6.45) is 1.52. The van der Waals surface area contributed by atoms with Gasteiger partial charge in [-0.15, -0.1) is 11.3 Å². The van der Waals surface area contributed by atoms with Gasteiger partial charge in [0.15, 0.2) is 5.13 Å². The topological polar surface area (TPSA) is 85.1 Å². The standard InChI is InChI=1S/C9H8BrN3O2S2/c10-6-1-2-7(11)8(5-6)17(14,15)13-9-12-3-4-16-9/h1-5H,11H2,(H,12,13). The summed E-state index contributed by atoms with van der Waals surface area (Å²) >= 11 is 4.41. The Labute approximate surface area is 111 Å². The number of nitrogens with zero attached hydrogens (tertiary/aromatic N) is 1. The summed E-state index contributed by atoms with van der Waals surface area (Å²) < 4.78 is 27.1. The van der Waals surface area contributed by atoms with Gasteiger partial charge in [-0.25, -0.2) is 13.4 Å². The second kappa shape index (κ2) is 4.63. The Kier molecular flexibility index (Phi) is 3.36. The number of hydrogen-bond acceptors (Lipinski definition) is 5. The van der Waals surface area contributed by atoms with Gasteiger partial charge in [0.25, 0.3) is 10.0 Å². The van der Waals surface area contributed by atoms with E-state index in [0.717, 1.165) is 0 Å². The first kappa shape index (κ1) is 12.3. The second-order valence-corrected chi connectivity index (χ2v) is 6.59. The van der Waals surface area contributed by atoms with Crippen molar-refractivity contribution in [3.8, 4) is 0 Å². The van der Waals surface area contributed by atoms with E-state index in [0.29, 0.717) is 9.60 Å². The molecular weight excluding hydrogens is 326 g/mol. The van der Waals surface area contributed by atoms with Crippen LogP contribution < -0.4 is 10.5 Å². The summed E-state index contributed by atoms with van der Waals surface area (Å²) in [6, 6.07) is 4.66. The molecule has 8 heteroatoms. The zero-order valence-electron chi connectivity index (χ0n) is 8.42. The van der Waals surface area contributed by atoms with Crippen LogP contribution in [0.2, 0.25) is 0 Å². The molecule has 2 rings (SSSR count). The van der Waals surface area contributed by atoms with Crippen molar-refractivity contribution in [3.05, 3.63) is 34.2 Å². The van der Waals surface area contributed by atoms with Crippen molar-refractivity contribution in [2.45, 2.75) is 4.90 Å². The quantitative estimate of drug-likeness (QED) is 0.844. The maximum Gasteiger partial charge on any atom is 0.265 e. The van der Waals surface area contributed by atoms with Crippen LogP contribution in [-0.4, -0.2) is 13.4 Å². The number of anilines is 2. The van der Waals surface area contributed by atoms with E-state index in [9.17, 15) is 8.42 Å². The predicted octanol–water partition coefficient (Wildman–Crippen LogP) is 2.29. The number of benzene rings is 1. The Morgan fingerprint density at radius 3 is 2.82 bits per heavy atom. The van der Waals surface area contributed by atoms with Crippen molar-refractivity contribution in [1.82, 2.24) is 4.98 Å². The van der Waals surface area contributed by atoms with Crippen LogP contribution in [0.5, 0.6) is 0 Å². The van der Waals surface area contributed by atoms with Crippen molar-refractivity contribution in [1.29, 1.82) is 0 Å². The second-order valence-electron chi connectivity index (χ2n) is 3.12. The lowest BCUT2D eigenvalue weighted by molar-refractivity contribution is 0.601. The van der Waals surface area contributed by atoms with E-state index < -0.39 is 10.0 Å². The molecular formula is C9H8BrN3O2S2. The minimum Gasteiger partial charge on any atom is -0.398 e. The SMILES string of the molecule is Nc1ccc(Br)cc1S(=O)(=O)Nc1nccs1. The van der Waals surface area contributed by atoms with Crippen LogP contribution in [-0.2, 0) is 10.0 Å². The third kappa shape index (κ3) is 2.76. The number of hydrogen-bond donors (Lipinski definition) is 2. The Morgan fingerprint density at radius 2 is 2.18 bits per heavy atom. The summed E-state index contributed by atoms with van der Waals surface area (Å²) in [5, 5.41) is 1.99. The third-order valence-corrected chi connectivity index (χ3v) is 4.62. The molecule has 0 bridgehead atoms. The minimum atomic E-state index is -3.69. The fourth-order valence-electron chi connectivity index (χ4n) is 1.18. The molecule has 3 N–H and O–H groups in total. The van der Waals surface area contributed by atoms with Gasteiger partial charge in [0.05, 0.1) is 5.69 Å². The van der Waals surface area contributed by atoms with Gasteiger partial charge in [-0.1, -0.05) is 15.9 Å². The lowest BCUT2D eigenvalue weighted by atomic mass is 10.3. The third-order valence-electron chi connectivity index (χ3n) is 1.92. The number of thiazole rings is 1. The van der Waals surface area contributed by atoms with E-state index in [-0.39, 0.29) is 10.6 Å². The van der Waals surface area contributed by atoms with Gasteiger partial charge in [0, 0.05) is 16.0 Å². The maximum atomic E-state index is 12.0. The van der Waals surface area contributed by atoms with Crippen LogP contribution in [0, 0.1) is 0 Å². The Balaban J connectivity index is 2.41. The van der Waals surface area contributed by atoms with Gasteiger partial charge in [-0.2, -0.15) is 0 Å². The molecule has 90 valence electrons. The lowest BCUT2D eigenvalue weighted by Crippen LogP contribution is -2.14. The van der Waals surface area contributed by atoms with Crippen LogP contribution in [0.3, 0.4) is 0 Å². The predicted molar refractivity (Wildman–Crippen MR) is 71.5 cm³/mol. The number of nitrogens with two attached hydrogens (primary N) is 1. The van der Waals surface area contributed by atoms with Crippen molar-refractivity contribution in [2.75, 3.05) is 10.5 Å². The number of sulfonamides is 1. The first-order chi connectivity index (χ1) is 7.99. The van der Waals surface area contributed by atoms with E-state index in [1.165, 1.54) is 29.7 Å². The van der Waals surface area contributed by atoms with Gasteiger partial charge in [-0.05, 0) is 18.2 Å². The van der Waals surface area contributed by atoms with Gasteiger partial charge in [-0.3, -0.25) is 4.72 Å². The molecule has 5 nitrogen and oxygen atoms in total. The van der Waals surface area contributed by atoms with Crippen LogP contribution >= 0.6 is 27.3 Å². The Morgan fingerprint density at radius 1 is 1.41 bits per heavy atom. The van der Waals surface area contributed by atoms with Crippen molar-refractivity contribution in [3.63, 3.8) is 0 Å². The fourth-order valence-corrected chi connectivity index (χ4v) is 3.64. The molecule has 1 aromatic carbocycles. The van der Waals surface area contributed by atoms with Gasteiger partial charge < -0.3 is 5.73 Å². The largest absolute Gasteiger partial charge is 0.398 e. The van der Waals surface area contributed by atoms with E-state index >= 15 is 0 Å². The van der Waals surface area contributed by atoms with Gasteiger partial charge in [0.2, 0.25) is 0 Å². The van der Waals surface area contributed by atoms with Crippen LogP contribution in [0.1, 0.15) is 0 Å². The summed E-state index contributed by atoms with van der Waals surface area (Å²) in [4.78, 5) is 3.88. The normalized spacial score (nSPS) is 11.4. The van der Waals surface area contributed by atoms with Gasteiger partial charge >= 0.3 is 0 Å². The number of rotatable bonds is 3. The zero-order valence-corrected chi connectivity index (χ0v) is 11.6. The van der Waals surface area contributed by atoms with Crippen LogP contribution in [0.15, 0.2) is 39.1 Å². The molecule has 0 aliphatic heterocycles. The molecule has 0 amide bonds. The minimum absolute atomic E-state index is 0.0297. The molecule has 0 unspecified atom stereocenters. The molecule has 1 aromatic heterocycles. The molecule has 0 saturated carbocycles. The average Bonchev–Trinajstić information content (AvgIpc) is 2.73. The number of halogens is 1. The zero-order chi connectivity index (χ0) is 12.5. The van der Waals surface area contributed by atoms with E-state index in [4.69, 9.17) is 5.73 Å². The first-order valence-corrected chi connectivity index (χ1v) is 7.62. The average molecular weight is 334 g/mol. The summed E-state index contributed by atoms with van der Waals surface area (Å²) in [6.45, 7) is 0. The van der Waals surface area contributed by atoms with Crippen molar-refractivity contribution in [2.24, 2.45) is 0 Å². The maximum absolute atomic E-state index is 12.0. The van der Waals surface area contributed by atoms with Gasteiger partial charge in [0.1, 0.15) is 4.90 Å². The van der Waals surface area contributed by atoms with E-state index in [2.05, 4.69) is 25.6 Å². The number of nitrogens with one attached hydrogen (secondary N) is 1. The summed E-state index contributed by atoms with van der Waals surface area (Å²) in [5.41, 5.74) is 5.84. The van der Waals surface area contributed by atoms with Crippen LogP contribution in [0.25, 0.3) is 0 Å². The van der Waals surface area contributed by atoms with Crippen LogP contribution in [0.4, 0.5) is 10.8 Å². The highest BCUT2D eigenvalue weighted by molar-refractivity contribution is 9.10. The lowest BCUT2D eigenvalue weighted by Gasteiger charge is -2.08. The molecule has 0 fully saturated rings. The molecule has 0 spiro atoms. The molecule has 0 aliphatic carbocycles. The Hall–Kier alpha value is -1.12. The Bertz CT molecular complexity index is 626. The number of nitrogen functional groups attached to an aromatic ring is 1. The molecule has 0 aliphatic rings. The number of aromatic nitrogens is 1. The van der Waals surface area contributed by atoms with Crippen molar-refractivity contribution >= 4 is 48.1 Å². The molecule has 0 radical (unpaired) electrons. The monoisotopic (exact) mass is 333 g/mol. The van der Waals surface area contributed by atoms with E-state index in [1.807, 2.05) is 0 Å². The highest BCUT2D eigenvalue weighted by Gasteiger charge is 2.18. The summed E-state index contributed by atoms with van der Waals surface area (Å²) in [5.74, 6) is 0.